The van der Waals surface area contributed by atoms with Gasteiger partial charge in [0, 0.05) is 11.1 Å². The van der Waals surface area contributed by atoms with Crippen molar-refractivity contribution in [3.05, 3.63) is 70.3 Å². The van der Waals surface area contributed by atoms with Crippen LogP contribution in [0.2, 0.25) is 0 Å². The van der Waals surface area contributed by atoms with Crippen LogP contribution in [-0.2, 0) is 13.1 Å². The molecule has 2 nitrogen and oxygen atoms in total. The normalized spacial score (nSPS) is 14.7. The number of aliphatic hydroxyl groups is 1. The van der Waals surface area contributed by atoms with E-state index in [0.717, 1.165) is 18.7 Å². The fourth-order valence-corrected chi connectivity index (χ4v) is 2.52. The van der Waals surface area contributed by atoms with Crippen molar-refractivity contribution >= 4 is 7.81 Å². The summed E-state index contributed by atoms with van der Waals surface area (Å²) < 4.78 is 59.2. The summed E-state index contributed by atoms with van der Waals surface area (Å²) in [5, 5.41) is 11.8. The standard InChI is InChI=1S/C19H21NO.F6P/c1-4-19(21)18-7-5-16(6-8-18)12-20-13-17-10-14(2)9-15(3)11-17;1-7(2,3,4,5)6/h1,5-11,19-21H,12-13H2,2-3H3;/q;-1/p+1. The van der Waals surface area contributed by atoms with Crippen LogP contribution in [0, 0.1) is 26.2 Å². The molecule has 156 valence electrons. The van der Waals surface area contributed by atoms with E-state index in [9.17, 15) is 30.3 Å². The van der Waals surface area contributed by atoms with Gasteiger partial charge in [-0.2, -0.15) is 0 Å². The van der Waals surface area contributed by atoms with Crippen molar-refractivity contribution in [2.75, 3.05) is 0 Å². The SMILES string of the molecule is C#CC(O)c1ccc(C[NH2+]Cc2cc(C)cc(C)c2)cc1.F[P-](F)(F)(F)(F)F. The van der Waals surface area contributed by atoms with Crippen molar-refractivity contribution in [3.63, 3.8) is 0 Å². The summed E-state index contributed by atoms with van der Waals surface area (Å²) in [7, 11) is -10.7. The first-order valence-corrected chi connectivity index (χ1v) is 10.2. The van der Waals surface area contributed by atoms with Crippen LogP contribution < -0.4 is 5.32 Å². The Kier molecular flexibility index (Phi) is 6.95. The molecule has 0 aromatic heterocycles. The van der Waals surface area contributed by atoms with E-state index in [0.29, 0.717) is 0 Å². The molecule has 3 N–H and O–H groups in total. The van der Waals surface area contributed by atoms with Gasteiger partial charge in [0.05, 0.1) is 0 Å². The van der Waals surface area contributed by atoms with Crippen LogP contribution >= 0.6 is 7.81 Å². The zero-order valence-electron chi connectivity index (χ0n) is 15.3. The Hall–Kier alpha value is -2.07. The van der Waals surface area contributed by atoms with Gasteiger partial charge in [0.2, 0.25) is 0 Å². The fraction of sp³-hybridized carbons (Fsp3) is 0.263. The molecule has 0 aliphatic carbocycles. The molecule has 0 aliphatic rings. The number of quaternary nitrogens is 1. The molecule has 2 aromatic rings. The van der Waals surface area contributed by atoms with Crippen LogP contribution in [0.3, 0.4) is 0 Å². The number of aryl methyl sites for hydroxylation is 2. The number of hydrogen-bond acceptors (Lipinski definition) is 1. The Bertz CT molecular complexity index is 810. The zero-order chi connectivity index (χ0) is 21.7. The molecular weight excluding hydrogens is 403 g/mol. The van der Waals surface area contributed by atoms with Gasteiger partial charge in [0.25, 0.3) is 0 Å². The number of benzene rings is 2. The van der Waals surface area contributed by atoms with E-state index in [1.165, 1.54) is 22.3 Å². The first-order valence-electron chi connectivity index (χ1n) is 8.22. The number of halogens is 6. The molecule has 0 aliphatic heterocycles. The minimum atomic E-state index is -10.7. The van der Waals surface area contributed by atoms with Crippen LogP contribution in [-0.4, -0.2) is 5.11 Å². The van der Waals surface area contributed by atoms with Gasteiger partial charge in [-0.05, 0) is 19.4 Å². The Labute approximate surface area is 159 Å². The van der Waals surface area contributed by atoms with Gasteiger partial charge in [-0.15, -0.1) is 6.42 Å². The molecule has 9 heteroatoms. The van der Waals surface area contributed by atoms with E-state index in [2.05, 4.69) is 43.3 Å². The van der Waals surface area contributed by atoms with Crippen LogP contribution in [0.25, 0.3) is 0 Å². The van der Waals surface area contributed by atoms with E-state index >= 15 is 0 Å². The van der Waals surface area contributed by atoms with Crippen LogP contribution in [0.4, 0.5) is 25.2 Å². The summed E-state index contributed by atoms with van der Waals surface area (Å²) in [6.45, 7) is 6.15. The first kappa shape index (κ1) is 24.0. The van der Waals surface area contributed by atoms with E-state index in [-0.39, 0.29) is 0 Å². The van der Waals surface area contributed by atoms with E-state index in [1.54, 1.807) is 0 Å². The molecule has 0 fully saturated rings. The third kappa shape index (κ3) is 12.3. The predicted octanol–water partition coefficient (Wildman–Crippen LogP) is 5.62. The second kappa shape index (κ2) is 8.12. The molecule has 2 rings (SSSR count). The van der Waals surface area contributed by atoms with Gasteiger partial charge < -0.3 is 10.4 Å². The summed E-state index contributed by atoms with van der Waals surface area (Å²) in [6.07, 6.45) is 4.40. The van der Waals surface area contributed by atoms with Crippen LogP contribution in [0.5, 0.6) is 0 Å². The number of terminal acetylenes is 1. The molecule has 0 radical (unpaired) electrons. The monoisotopic (exact) mass is 425 g/mol. The topological polar surface area (TPSA) is 36.8 Å². The molecule has 0 amide bonds. The van der Waals surface area contributed by atoms with Crippen LogP contribution in [0.1, 0.15) is 33.9 Å². The molecule has 0 heterocycles. The van der Waals surface area contributed by atoms with E-state index in [1.807, 2.05) is 24.3 Å². The number of hydrogen-bond donors (Lipinski definition) is 2. The Balaban J connectivity index is 0.000000480. The van der Waals surface area contributed by atoms with Crippen LogP contribution in [0.15, 0.2) is 42.5 Å². The minimum absolute atomic E-state index is 0.774. The van der Waals surface area contributed by atoms with Gasteiger partial charge in [-0.3, -0.25) is 0 Å². The summed E-state index contributed by atoms with van der Waals surface area (Å²) >= 11 is 0. The summed E-state index contributed by atoms with van der Waals surface area (Å²) in [5.74, 6) is 2.32. The Morgan fingerprint density at radius 1 is 0.893 bits per heavy atom. The number of rotatable bonds is 5. The molecule has 2 aromatic carbocycles. The molecule has 0 saturated carbocycles. The quantitative estimate of drug-likeness (QED) is 0.364. The maximum absolute atomic E-state index is 10.7. The number of nitrogens with two attached hydrogens (primary N) is 1. The van der Waals surface area contributed by atoms with Gasteiger partial charge in [0.1, 0.15) is 19.2 Å². The third-order valence-electron chi connectivity index (χ3n) is 3.49. The fourth-order valence-electron chi connectivity index (χ4n) is 2.52. The summed E-state index contributed by atoms with van der Waals surface area (Å²) in [5.41, 5.74) is 5.98. The van der Waals surface area contributed by atoms with Crippen molar-refractivity contribution in [1.82, 2.24) is 0 Å². The average Bonchev–Trinajstić information content (AvgIpc) is 2.51. The van der Waals surface area contributed by atoms with Crippen molar-refractivity contribution in [3.8, 4) is 12.3 Å². The molecule has 1 atom stereocenters. The third-order valence-corrected chi connectivity index (χ3v) is 3.49. The first-order chi connectivity index (χ1) is 12.5. The van der Waals surface area contributed by atoms with Crippen molar-refractivity contribution in [1.29, 1.82) is 0 Å². The maximum atomic E-state index is 9.87. The molecule has 1 unspecified atom stereocenters. The molecule has 28 heavy (non-hydrogen) atoms. The van der Waals surface area contributed by atoms with Gasteiger partial charge in [-0.25, -0.2) is 0 Å². The van der Waals surface area contributed by atoms with Crippen molar-refractivity contribution in [2.24, 2.45) is 0 Å². The van der Waals surface area contributed by atoms with Gasteiger partial charge in [0.15, 0.2) is 0 Å². The average molecular weight is 425 g/mol. The zero-order valence-corrected chi connectivity index (χ0v) is 16.2. The van der Waals surface area contributed by atoms with Gasteiger partial charge in [-0.1, -0.05) is 59.5 Å². The molecular formula is C19H22F6NOP. The number of aliphatic hydroxyl groups excluding tert-OH is 1. The van der Waals surface area contributed by atoms with E-state index < -0.39 is 13.9 Å². The Morgan fingerprint density at radius 2 is 1.32 bits per heavy atom. The second-order valence-electron chi connectivity index (χ2n) is 6.46. The van der Waals surface area contributed by atoms with Gasteiger partial charge >= 0.3 is 33.0 Å². The van der Waals surface area contributed by atoms with Crippen molar-refractivity contribution < 1.29 is 35.6 Å². The summed E-state index contributed by atoms with van der Waals surface area (Å²) in [6, 6.07) is 14.5. The second-order valence-corrected chi connectivity index (χ2v) is 8.38. The van der Waals surface area contributed by atoms with E-state index in [4.69, 9.17) is 6.42 Å². The predicted molar refractivity (Wildman–Crippen MR) is 99.1 cm³/mol. The Morgan fingerprint density at radius 3 is 1.75 bits per heavy atom. The summed E-state index contributed by atoms with van der Waals surface area (Å²) in [4.78, 5) is 0. The molecule has 0 saturated heterocycles. The molecule has 0 bridgehead atoms. The van der Waals surface area contributed by atoms with Crippen molar-refractivity contribution in [2.45, 2.75) is 33.0 Å². The molecule has 0 spiro atoms.